The van der Waals surface area contributed by atoms with Crippen LogP contribution in [0.1, 0.15) is 19.3 Å². The number of aliphatic hydroxyl groups is 1. The number of hydrogen-bond acceptors (Lipinski definition) is 4. The predicted molar refractivity (Wildman–Crippen MR) is 72.5 cm³/mol. The topological polar surface area (TPSA) is 84.3 Å². The molecule has 114 valence electrons. The molecule has 2 aliphatic rings. The molecule has 0 atom stereocenters. The van der Waals surface area contributed by atoms with Gasteiger partial charge in [-0.1, -0.05) is 0 Å². The molecule has 7 heteroatoms. The Bertz CT molecular complexity index is 356. The first kappa shape index (κ1) is 15.1. The first-order valence-corrected chi connectivity index (χ1v) is 7.22. The number of carboxylic acid groups (broad SMARTS) is 1. The summed E-state index contributed by atoms with van der Waals surface area (Å²) in [6.07, 6.45) is 1.81. The summed E-state index contributed by atoms with van der Waals surface area (Å²) in [6.45, 7) is 3.82. The number of urea groups is 1. The zero-order chi connectivity index (χ0) is 14.5. The van der Waals surface area contributed by atoms with E-state index in [-0.39, 0.29) is 18.7 Å². The number of carbonyl (C=O) groups is 2. The lowest BCUT2D eigenvalue weighted by Crippen LogP contribution is -2.48. The molecule has 2 amide bonds. The number of likely N-dealkylation sites (tertiary alicyclic amines) is 1. The highest BCUT2D eigenvalue weighted by Gasteiger charge is 2.27. The first-order valence-electron chi connectivity index (χ1n) is 7.22. The zero-order valence-corrected chi connectivity index (χ0v) is 11.7. The molecular weight excluding hydrogens is 262 g/mol. The van der Waals surface area contributed by atoms with Crippen molar-refractivity contribution in [3.8, 4) is 0 Å². The van der Waals surface area contributed by atoms with E-state index < -0.39 is 5.97 Å². The van der Waals surface area contributed by atoms with Crippen LogP contribution < -0.4 is 0 Å². The summed E-state index contributed by atoms with van der Waals surface area (Å²) in [5, 5.41) is 18.3. The van der Waals surface area contributed by atoms with Gasteiger partial charge in [-0.25, -0.2) is 4.79 Å². The van der Waals surface area contributed by atoms with Gasteiger partial charge in [0.2, 0.25) is 0 Å². The molecule has 2 saturated heterocycles. The minimum Gasteiger partial charge on any atom is -0.480 e. The van der Waals surface area contributed by atoms with Crippen molar-refractivity contribution < 1.29 is 19.8 Å². The predicted octanol–water partition coefficient (Wildman–Crippen LogP) is -0.345. The third kappa shape index (κ3) is 4.08. The number of piperidine rings is 1. The van der Waals surface area contributed by atoms with Crippen LogP contribution in [0.4, 0.5) is 4.79 Å². The maximum Gasteiger partial charge on any atom is 0.320 e. The largest absolute Gasteiger partial charge is 0.480 e. The lowest BCUT2D eigenvalue weighted by atomic mass is 10.1. The quantitative estimate of drug-likeness (QED) is 0.725. The number of hydrogen-bond donors (Lipinski definition) is 2. The SMILES string of the molecule is O=C(O)CN1CCCN(C(=O)N2CCC(O)CC2)CC1. The van der Waals surface area contributed by atoms with E-state index in [1.807, 2.05) is 4.90 Å². The van der Waals surface area contributed by atoms with Crippen LogP contribution in [-0.2, 0) is 4.79 Å². The van der Waals surface area contributed by atoms with Crippen molar-refractivity contribution in [3.05, 3.63) is 0 Å². The highest BCUT2D eigenvalue weighted by atomic mass is 16.4. The number of carbonyl (C=O) groups excluding carboxylic acids is 1. The van der Waals surface area contributed by atoms with E-state index in [2.05, 4.69) is 0 Å². The van der Waals surface area contributed by atoms with Crippen molar-refractivity contribution in [2.75, 3.05) is 45.8 Å². The summed E-state index contributed by atoms with van der Waals surface area (Å²) in [6, 6.07) is 0.0223. The Hall–Kier alpha value is -1.34. The van der Waals surface area contributed by atoms with Crippen molar-refractivity contribution in [2.24, 2.45) is 0 Å². The van der Waals surface area contributed by atoms with E-state index in [1.54, 1.807) is 9.80 Å². The fourth-order valence-corrected chi connectivity index (χ4v) is 2.77. The number of amides is 2. The van der Waals surface area contributed by atoms with Gasteiger partial charge in [-0.15, -0.1) is 0 Å². The van der Waals surface area contributed by atoms with Crippen molar-refractivity contribution in [3.63, 3.8) is 0 Å². The van der Waals surface area contributed by atoms with E-state index in [0.717, 1.165) is 13.0 Å². The van der Waals surface area contributed by atoms with Gasteiger partial charge in [0.25, 0.3) is 0 Å². The molecule has 0 aromatic carbocycles. The van der Waals surface area contributed by atoms with Gasteiger partial charge in [0.05, 0.1) is 12.6 Å². The molecule has 0 aliphatic carbocycles. The highest BCUT2D eigenvalue weighted by molar-refractivity contribution is 5.74. The Labute approximate surface area is 118 Å². The van der Waals surface area contributed by atoms with Crippen LogP contribution >= 0.6 is 0 Å². The van der Waals surface area contributed by atoms with E-state index >= 15 is 0 Å². The molecule has 0 aromatic rings. The molecule has 7 nitrogen and oxygen atoms in total. The van der Waals surface area contributed by atoms with Gasteiger partial charge >= 0.3 is 12.0 Å². The third-order valence-electron chi connectivity index (χ3n) is 3.95. The molecule has 2 N–H and O–H groups in total. The van der Waals surface area contributed by atoms with Gasteiger partial charge in [0, 0.05) is 39.3 Å². The van der Waals surface area contributed by atoms with Gasteiger partial charge in [-0.3, -0.25) is 9.69 Å². The van der Waals surface area contributed by atoms with Crippen LogP contribution in [-0.4, -0.2) is 88.8 Å². The van der Waals surface area contributed by atoms with Gasteiger partial charge in [0.15, 0.2) is 0 Å². The second-order valence-electron chi connectivity index (χ2n) is 5.51. The summed E-state index contributed by atoms with van der Waals surface area (Å²) in [4.78, 5) is 28.6. The molecule has 0 aromatic heterocycles. The van der Waals surface area contributed by atoms with Crippen LogP contribution in [0.3, 0.4) is 0 Å². The van der Waals surface area contributed by atoms with Crippen molar-refractivity contribution in [2.45, 2.75) is 25.4 Å². The number of aliphatic hydroxyl groups excluding tert-OH is 1. The van der Waals surface area contributed by atoms with Crippen LogP contribution in [0.15, 0.2) is 0 Å². The molecule has 2 rings (SSSR count). The van der Waals surface area contributed by atoms with Gasteiger partial charge in [-0.05, 0) is 19.3 Å². The normalized spacial score (nSPS) is 22.6. The minimum atomic E-state index is -0.824. The van der Waals surface area contributed by atoms with E-state index in [4.69, 9.17) is 5.11 Å². The van der Waals surface area contributed by atoms with Crippen molar-refractivity contribution >= 4 is 12.0 Å². The standard InChI is InChI=1S/C13H23N3O4/c17-11-2-6-16(7-3-11)13(20)15-5-1-4-14(8-9-15)10-12(18)19/h11,17H,1-10H2,(H,18,19). The second kappa shape index (κ2) is 6.90. The lowest BCUT2D eigenvalue weighted by Gasteiger charge is -2.34. The molecule has 0 radical (unpaired) electrons. The van der Waals surface area contributed by atoms with E-state index in [9.17, 15) is 14.7 Å². The average Bonchev–Trinajstić information content (AvgIpc) is 2.64. The number of carboxylic acids is 1. The summed E-state index contributed by atoms with van der Waals surface area (Å²) in [5.74, 6) is -0.824. The van der Waals surface area contributed by atoms with Crippen LogP contribution in [0.25, 0.3) is 0 Å². The molecule has 2 heterocycles. The maximum atomic E-state index is 12.4. The Balaban J connectivity index is 1.83. The molecular formula is C13H23N3O4. The Kier molecular flexibility index (Phi) is 5.19. The first-order chi connectivity index (χ1) is 9.56. The number of rotatable bonds is 2. The van der Waals surface area contributed by atoms with Crippen LogP contribution in [0.5, 0.6) is 0 Å². The molecule has 20 heavy (non-hydrogen) atoms. The fraction of sp³-hybridized carbons (Fsp3) is 0.846. The molecule has 0 unspecified atom stereocenters. The van der Waals surface area contributed by atoms with Crippen molar-refractivity contribution in [1.82, 2.24) is 14.7 Å². The molecule has 0 bridgehead atoms. The third-order valence-corrected chi connectivity index (χ3v) is 3.95. The van der Waals surface area contributed by atoms with Gasteiger partial charge < -0.3 is 20.0 Å². The minimum absolute atomic E-state index is 0.0223. The van der Waals surface area contributed by atoms with E-state index in [0.29, 0.717) is 45.6 Å². The van der Waals surface area contributed by atoms with Gasteiger partial charge in [-0.2, -0.15) is 0 Å². The number of aliphatic carboxylic acids is 1. The van der Waals surface area contributed by atoms with E-state index in [1.165, 1.54) is 0 Å². The van der Waals surface area contributed by atoms with Crippen LogP contribution in [0, 0.1) is 0 Å². The Morgan fingerprint density at radius 1 is 0.950 bits per heavy atom. The summed E-state index contributed by atoms with van der Waals surface area (Å²) in [5.41, 5.74) is 0. The average molecular weight is 285 g/mol. The summed E-state index contributed by atoms with van der Waals surface area (Å²) >= 11 is 0. The second-order valence-corrected chi connectivity index (χ2v) is 5.51. The zero-order valence-electron chi connectivity index (χ0n) is 11.7. The van der Waals surface area contributed by atoms with Crippen LogP contribution in [0.2, 0.25) is 0 Å². The maximum absolute atomic E-state index is 12.4. The smallest absolute Gasteiger partial charge is 0.320 e. The van der Waals surface area contributed by atoms with Crippen molar-refractivity contribution in [1.29, 1.82) is 0 Å². The lowest BCUT2D eigenvalue weighted by molar-refractivity contribution is -0.138. The highest BCUT2D eigenvalue weighted by Crippen LogP contribution is 2.13. The molecule has 0 saturated carbocycles. The number of nitrogens with zero attached hydrogens (tertiary/aromatic N) is 3. The Morgan fingerprint density at radius 3 is 2.25 bits per heavy atom. The molecule has 2 fully saturated rings. The van der Waals surface area contributed by atoms with Gasteiger partial charge in [0.1, 0.15) is 0 Å². The molecule has 0 spiro atoms. The fourth-order valence-electron chi connectivity index (χ4n) is 2.77. The monoisotopic (exact) mass is 285 g/mol. The molecule has 2 aliphatic heterocycles. The summed E-state index contributed by atoms with van der Waals surface area (Å²) < 4.78 is 0. The summed E-state index contributed by atoms with van der Waals surface area (Å²) in [7, 11) is 0. The Morgan fingerprint density at radius 2 is 1.60 bits per heavy atom.